The fraction of sp³-hybridized carbons (Fsp3) is 0.625. The van der Waals surface area contributed by atoms with Crippen LogP contribution in [0.5, 0.6) is 0 Å². The Morgan fingerprint density at radius 2 is 1.15 bits per heavy atom. The Balaban J connectivity index is 2.40. The maximum atomic E-state index is 9.13. The van der Waals surface area contributed by atoms with E-state index in [0.29, 0.717) is 0 Å². The lowest BCUT2D eigenvalue weighted by Crippen LogP contribution is -2.31. The Labute approximate surface area is 122 Å². The van der Waals surface area contributed by atoms with Crippen molar-refractivity contribution in [1.29, 1.82) is 0 Å². The lowest BCUT2D eigenvalue weighted by atomic mass is 10.1. The van der Waals surface area contributed by atoms with Crippen molar-refractivity contribution in [3.63, 3.8) is 0 Å². The molecule has 0 aliphatic rings. The zero-order valence-electron chi connectivity index (χ0n) is 12.6. The van der Waals surface area contributed by atoms with E-state index in [0.717, 1.165) is 25.9 Å². The van der Waals surface area contributed by atoms with Crippen LogP contribution in [-0.2, 0) is 13.1 Å². The molecule has 1 aromatic carbocycles. The van der Waals surface area contributed by atoms with Crippen molar-refractivity contribution < 1.29 is 10.2 Å². The number of hydrogen-bond donors (Lipinski definition) is 4. The Bertz CT molecular complexity index is 311. The fourth-order valence-electron chi connectivity index (χ4n) is 1.98. The summed E-state index contributed by atoms with van der Waals surface area (Å²) in [6.07, 6.45) is 1.86. The Hall–Kier alpha value is -0.940. The van der Waals surface area contributed by atoms with Gasteiger partial charge < -0.3 is 20.8 Å². The average molecular weight is 280 g/mol. The second-order valence-corrected chi connectivity index (χ2v) is 5.15. The summed E-state index contributed by atoms with van der Waals surface area (Å²) in [6.45, 7) is 6.04. The van der Waals surface area contributed by atoms with Crippen molar-refractivity contribution >= 4 is 0 Å². The maximum absolute atomic E-state index is 9.13. The Kier molecular flexibility index (Phi) is 8.46. The average Bonchev–Trinajstić information content (AvgIpc) is 2.50. The van der Waals surface area contributed by atoms with Crippen LogP contribution in [0.15, 0.2) is 24.3 Å². The molecule has 0 radical (unpaired) electrons. The molecule has 0 unspecified atom stereocenters. The van der Waals surface area contributed by atoms with Gasteiger partial charge in [-0.3, -0.25) is 0 Å². The van der Waals surface area contributed by atoms with Crippen LogP contribution in [-0.4, -0.2) is 35.5 Å². The number of aliphatic hydroxyl groups is 2. The van der Waals surface area contributed by atoms with Crippen LogP contribution < -0.4 is 10.6 Å². The lowest BCUT2D eigenvalue weighted by molar-refractivity contribution is 0.238. The molecule has 0 bridgehead atoms. The summed E-state index contributed by atoms with van der Waals surface area (Å²) in [6, 6.07) is 8.77. The van der Waals surface area contributed by atoms with Crippen molar-refractivity contribution in [2.45, 2.75) is 51.9 Å². The summed E-state index contributed by atoms with van der Waals surface area (Å²) >= 11 is 0. The van der Waals surface area contributed by atoms with Crippen molar-refractivity contribution in [3.8, 4) is 0 Å². The first-order chi connectivity index (χ1) is 9.73. The van der Waals surface area contributed by atoms with Gasteiger partial charge in [0.2, 0.25) is 0 Å². The van der Waals surface area contributed by atoms with Gasteiger partial charge in [-0.15, -0.1) is 0 Å². The quantitative estimate of drug-likeness (QED) is 0.523. The van der Waals surface area contributed by atoms with Gasteiger partial charge in [0.25, 0.3) is 0 Å². The molecule has 2 atom stereocenters. The van der Waals surface area contributed by atoms with Crippen LogP contribution in [0, 0.1) is 0 Å². The number of aliphatic hydroxyl groups excluding tert-OH is 2. The molecule has 0 spiro atoms. The molecule has 0 fully saturated rings. The summed E-state index contributed by atoms with van der Waals surface area (Å²) in [5, 5.41) is 24.9. The van der Waals surface area contributed by atoms with E-state index in [1.165, 1.54) is 11.1 Å². The highest BCUT2D eigenvalue weighted by atomic mass is 16.3. The van der Waals surface area contributed by atoms with E-state index >= 15 is 0 Å². The van der Waals surface area contributed by atoms with E-state index in [2.05, 4.69) is 48.7 Å². The molecular weight excluding hydrogens is 252 g/mol. The summed E-state index contributed by atoms with van der Waals surface area (Å²) in [5.41, 5.74) is 2.43. The molecule has 0 saturated carbocycles. The van der Waals surface area contributed by atoms with Crippen LogP contribution in [0.25, 0.3) is 0 Å². The van der Waals surface area contributed by atoms with E-state index in [9.17, 15) is 0 Å². The van der Waals surface area contributed by atoms with Crippen LogP contribution >= 0.6 is 0 Å². The zero-order valence-corrected chi connectivity index (χ0v) is 12.6. The number of benzene rings is 1. The van der Waals surface area contributed by atoms with Gasteiger partial charge in [0.1, 0.15) is 0 Å². The molecule has 0 aromatic heterocycles. The number of hydrogen-bond acceptors (Lipinski definition) is 4. The molecule has 4 nitrogen and oxygen atoms in total. The van der Waals surface area contributed by atoms with Gasteiger partial charge in [0, 0.05) is 25.2 Å². The summed E-state index contributed by atoms with van der Waals surface area (Å²) < 4.78 is 0. The molecule has 0 aliphatic heterocycles. The van der Waals surface area contributed by atoms with E-state index in [1.54, 1.807) is 0 Å². The third kappa shape index (κ3) is 6.01. The van der Waals surface area contributed by atoms with Crippen molar-refractivity contribution in [2.75, 3.05) is 13.2 Å². The summed E-state index contributed by atoms with van der Waals surface area (Å²) in [7, 11) is 0. The molecule has 0 aliphatic carbocycles. The highest BCUT2D eigenvalue weighted by molar-refractivity contribution is 5.22. The molecule has 114 valence electrons. The van der Waals surface area contributed by atoms with E-state index in [1.807, 2.05) is 0 Å². The topological polar surface area (TPSA) is 64.5 Å². The lowest BCUT2D eigenvalue weighted by Gasteiger charge is -2.15. The second-order valence-electron chi connectivity index (χ2n) is 5.15. The monoisotopic (exact) mass is 280 g/mol. The van der Waals surface area contributed by atoms with Gasteiger partial charge in [-0.2, -0.15) is 0 Å². The first-order valence-corrected chi connectivity index (χ1v) is 7.49. The van der Waals surface area contributed by atoms with Gasteiger partial charge in [-0.25, -0.2) is 0 Å². The molecular formula is C16H28N2O2. The van der Waals surface area contributed by atoms with Gasteiger partial charge in [0.15, 0.2) is 0 Å². The molecule has 0 saturated heterocycles. The number of rotatable bonds is 10. The van der Waals surface area contributed by atoms with Crippen LogP contribution in [0.4, 0.5) is 0 Å². The normalized spacial score (nSPS) is 14.2. The maximum Gasteiger partial charge on any atom is 0.0584 e. The molecule has 1 aromatic rings. The standard InChI is InChI=1S/C16H28N2O2/c1-3-15(11-19)17-9-13-5-7-14(8-6-13)10-18-16(4-2)12-20/h5-8,15-20H,3-4,9-12H2,1-2H3/t15-,16-/m1/s1. The van der Waals surface area contributed by atoms with Gasteiger partial charge in [0.05, 0.1) is 13.2 Å². The molecule has 20 heavy (non-hydrogen) atoms. The third-order valence-electron chi connectivity index (χ3n) is 3.64. The zero-order chi connectivity index (χ0) is 14.8. The minimum Gasteiger partial charge on any atom is -0.395 e. The first kappa shape index (κ1) is 17.1. The third-order valence-corrected chi connectivity index (χ3v) is 3.64. The largest absolute Gasteiger partial charge is 0.395 e. The van der Waals surface area contributed by atoms with E-state index in [4.69, 9.17) is 10.2 Å². The van der Waals surface area contributed by atoms with Gasteiger partial charge in [-0.05, 0) is 24.0 Å². The second kappa shape index (κ2) is 9.88. The highest BCUT2D eigenvalue weighted by Crippen LogP contribution is 2.06. The van der Waals surface area contributed by atoms with Crippen LogP contribution in [0.2, 0.25) is 0 Å². The molecule has 0 amide bonds. The predicted molar refractivity (Wildman–Crippen MR) is 82.5 cm³/mol. The SMILES string of the molecule is CC[C@H](CO)NCc1ccc(CN[C@H](CC)CO)cc1. The molecule has 4 heteroatoms. The fourth-order valence-corrected chi connectivity index (χ4v) is 1.98. The minimum atomic E-state index is 0.172. The first-order valence-electron chi connectivity index (χ1n) is 7.49. The smallest absolute Gasteiger partial charge is 0.0584 e. The minimum absolute atomic E-state index is 0.172. The van der Waals surface area contributed by atoms with Crippen molar-refractivity contribution in [2.24, 2.45) is 0 Å². The van der Waals surface area contributed by atoms with Crippen molar-refractivity contribution in [1.82, 2.24) is 10.6 Å². The van der Waals surface area contributed by atoms with Crippen LogP contribution in [0.1, 0.15) is 37.8 Å². The van der Waals surface area contributed by atoms with Crippen LogP contribution in [0.3, 0.4) is 0 Å². The molecule has 1 rings (SSSR count). The molecule has 4 N–H and O–H groups in total. The van der Waals surface area contributed by atoms with Crippen molar-refractivity contribution in [3.05, 3.63) is 35.4 Å². The Morgan fingerprint density at radius 1 is 0.800 bits per heavy atom. The van der Waals surface area contributed by atoms with Gasteiger partial charge >= 0.3 is 0 Å². The van der Waals surface area contributed by atoms with E-state index in [-0.39, 0.29) is 25.3 Å². The number of nitrogens with one attached hydrogen (secondary N) is 2. The predicted octanol–water partition coefficient (Wildman–Crippen LogP) is 1.41. The molecule has 0 heterocycles. The summed E-state index contributed by atoms with van der Waals surface area (Å²) in [5.74, 6) is 0. The summed E-state index contributed by atoms with van der Waals surface area (Å²) in [4.78, 5) is 0. The van der Waals surface area contributed by atoms with Gasteiger partial charge in [-0.1, -0.05) is 38.1 Å². The highest BCUT2D eigenvalue weighted by Gasteiger charge is 2.05. The Morgan fingerprint density at radius 3 is 1.40 bits per heavy atom. The van der Waals surface area contributed by atoms with E-state index < -0.39 is 0 Å².